The van der Waals surface area contributed by atoms with E-state index in [2.05, 4.69) is 6.07 Å². The van der Waals surface area contributed by atoms with Crippen molar-refractivity contribution in [3.8, 4) is 6.07 Å². The molecule has 1 heterocycles. The smallest absolute Gasteiger partial charge is 0.300 e. The maximum atomic E-state index is 12.8. The van der Waals surface area contributed by atoms with Crippen LogP contribution in [-0.2, 0) is 4.79 Å². The van der Waals surface area contributed by atoms with E-state index in [0.717, 1.165) is 11.3 Å². The second-order valence-electron chi connectivity index (χ2n) is 6.65. The van der Waals surface area contributed by atoms with Crippen LogP contribution in [0.4, 0.5) is 4.79 Å². The first-order valence-corrected chi connectivity index (χ1v) is 6.83. The van der Waals surface area contributed by atoms with Gasteiger partial charge in [-0.25, -0.2) is 4.79 Å². The number of carbonyl (C=O) groups excluding carboxylic acids is 2. The number of urea groups is 1. The molecule has 0 spiro atoms. The Hall–Kier alpha value is -1.83. The molecule has 5 heteroatoms. The average Bonchev–Trinajstić information content (AvgIpc) is 2.74. The Morgan fingerprint density at radius 3 is 2.35 bits per heavy atom. The van der Waals surface area contributed by atoms with Crippen molar-refractivity contribution < 1.29 is 9.59 Å². The molecule has 1 aliphatic carbocycles. The molecule has 1 saturated heterocycles. The number of amides is 3. The summed E-state index contributed by atoms with van der Waals surface area (Å²) < 4.78 is 0. The summed E-state index contributed by atoms with van der Waals surface area (Å²) in [6.07, 6.45) is 1.66. The Morgan fingerprint density at radius 2 is 1.85 bits per heavy atom. The van der Waals surface area contributed by atoms with Crippen LogP contribution in [0.3, 0.4) is 0 Å². The second kappa shape index (κ2) is 4.34. The van der Waals surface area contributed by atoms with Gasteiger partial charge in [0.15, 0.2) is 0 Å². The minimum absolute atomic E-state index is 0.143. The largest absolute Gasteiger partial charge is 0.330 e. The van der Waals surface area contributed by atoms with Gasteiger partial charge in [0.1, 0.15) is 0 Å². The van der Waals surface area contributed by atoms with Crippen LogP contribution < -0.4 is 0 Å². The normalized spacial score (nSPS) is 27.0. The summed E-state index contributed by atoms with van der Waals surface area (Å²) >= 11 is 0. The van der Waals surface area contributed by atoms with Gasteiger partial charge in [0.2, 0.25) is 5.91 Å². The molecule has 0 saturated carbocycles. The molecule has 0 bridgehead atoms. The number of imide groups is 1. The number of hydrogen-bond donors (Lipinski definition) is 0. The minimum atomic E-state index is -0.698. The van der Waals surface area contributed by atoms with E-state index in [0.29, 0.717) is 12.8 Å². The van der Waals surface area contributed by atoms with Gasteiger partial charge in [-0.15, -0.1) is 0 Å². The minimum Gasteiger partial charge on any atom is -0.300 e. The van der Waals surface area contributed by atoms with Crippen molar-refractivity contribution in [3.63, 3.8) is 0 Å². The molecule has 108 valence electrons. The third-order valence-electron chi connectivity index (χ3n) is 4.69. The van der Waals surface area contributed by atoms with Crippen molar-refractivity contribution in [1.29, 1.82) is 5.26 Å². The van der Waals surface area contributed by atoms with Gasteiger partial charge in [0.25, 0.3) is 0 Å². The molecule has 20 heavy (non-hydrogen) atoms. The molecule has 1 atom stereocenters. The lowest BCUT2D eigenvalue weighted by atomic mass is 9.62. The first-order valence-electron chi connectivity index (χ1n) is 6.83. The number of fused-ring (bicyclic) bond motifs is 1. The summed E-state index contributed by atoms with van der Waals surface area (Å²) in [5.74, 6) is -0.143. The molecule has 2 rings (SSSR count). The fourth-order valence-corrected chi connectivity index (χ4v) is 3.62. The van der Waals surface area contributed by atoms with Crippen LogP contribution >= 0.6 is 0 Å². The summed E-state index contributed by atoms with van der Waals surface area (Å²) in [6, 6.07) is 1.83. The first-order chi connectivity index (χ1) is 9.18. The van der Waals surface area contributed by atoms with Crippen LogP contribution in [0.1, 0.15) is 40.0 Å². The lowest BCUT2D eigenvalue weighted by molar-refractivity contribution is -0.145. The van der Waals surface area contributed by atoms with E-state index in [4.69, 9.17) is 5.26 Å². The predicted octanol–water partition coefficient (Wildman–Crippen LogP) is 2.50. The van der Waals surface area contributed by atoms with Gasteiger partial charge in [-0.1, -0.05) is 20.8 Å². The SMILES string of the molecule is CN1C(=O)N(C)C2=C(CC#N)CCC2(C(C)(C)C)C1=O. The molecule has 0 N–H and O–H groups in total. The molecule has 0 aromatic rings. The molecule has 2 aliphatic rings. The average molecular weight is 275 g/mol. The monoisotopic (exact) mass is 275 g/mol. The Bertz CT molecular complexity index is 550. The zero-order valence-electron chi connectivity index (χ0n) is 12.8. The van der Waals surface area contributed by atoms with Crippen LogP contribution in [0.2, 0.25) is 0 Å². The maximum Gasteiger partial charge on any atom is 0.330 e. The van der Waals surface area contributed by atoms with Crippen LogP contribution in [0.25, 0.3) is 0 Å². The van der Waals surface area contributed by atoms with E-state index in [1.165, 1.54) is 11.9 Å². The Morgan fingerprint density at radius 1 is 1.25 bits per heavy atom. The van der Waals surface area contributed by atoms with Gasteiger partial charge in [-0.05, 0) is 23.8 Å². The number of rotatable bonds is 1. The van der Waals surface area contributed by atoms with E-state index in [1.54, 1.807) is 11.9 Å². The Kier molecular flexibility index (Phi) is 3.16. The lowest BCUT2D eigenvalue weighted by Crippen LogP contribution is -2.61. The molecule has 1 fully saturated rings. The third-order valence-corrected chi connectivity index (χ3v) is 4.69. The Labute approximate surface area is 119 Å². The highest BCUT2D eigenvalue weighted by Gasteiger charge is 2.61. The topological polar surface area (TPSA) is 64.4 Å². The van der Waals surface area contributed by atoms with E-state index in [-0.39, 0.29) is 23.8 Å². The number of allylic oxidation sites excluding steroid dienone is 1. The van der Waals surface area contributed by atoms with E-state index in [1.807, 2.05) is 20.8 Å². The van der Waals surface area contributed by atoms with E-state index >= 15 is 0 Å². The third kappa shape index (κ3) is 1.60. The highest BCUT2D eigenvalue weighted by atomic mass is 16.2. The molecule has 1 unspecified atom stereocenters. The predicted molar refractivity (Wildman–Crippen MR) is 74.3 cm³/mol. The standard InChI is InChI=1S/C15H21N3O2/c1-14(2,3)15-8-6-10(7-9-16)11(15)17(4)13(20)18(5)12(15)19/h6-8H2,1-5H3. The zero-order valence-corrected chi connectivity index (χ0v) is 12.8. The van der Waals surface area contributed by atoms with Gasteiger partial charge in [0, 0.05) is 19.8 Å². The summed E-state index contributed by atoms with van der Waals surface area (Å²) in [5, 5.41) is 8.99. The van der Waals surface area contributed by atoms with Crippen LogP contribution in [-0.4, -0.2) is 35.8 Å². The number of nitrogens with zero attached hydrogens (tertiary/aromatic N) is 3. The van der Waals surface area contributed by atoms with Crippen LogP contribution in [0.5, 0.6) is 0 Å². The van der Waals surface area contributed by atoms with Crippen LogP contribution in [0.15, 0.2) is 11.3 Å². The van der Waals surface area contributed by atoms with Gasteiger partial charge in [-0.2, -0.15) is 5.26 Å². The molecule has 0 aromatic heterocycles. The van der Waals surface area contributed by atoms with Gasteiger partial charge >= 0.3 is 6.03 Å². The highest BCUT2D eigenvalue weighted by molar-refractivity contribution is 6.03. The maximum absolute atomic E-state index is 12.8. The molecular formula is C15H21N3O2. The van der Waals surface area contributed by atoms with Crippen molar-refractivity contribution in [2.45, 2.75) is 40.0 Å². The Balaban J connectivity index is 2.71. The summed E-state index contributed by atoms with van der Waals surface area (Å²) in [5.41, 5.74) is 0.690. The summed E-state index contributed by atoms with van der Waals surface area (Å²) in [6.45, 7) is 6.08. The molecule has 5 nitrogen and oxygen atoms in total. The van der Waals surface area contributed by atoms with E-state index < -0.39 is 5.41 Å². The fourth-order valence-electron chi connectivity index (χ4n) is 3.62. The van der Waals surface area contributed by atoms with Gasteiger partial charge in [0.05, 0.1) is 17.9 Å². The van der Waals surface area contributed by atoms with Crippen molar-refractivity contribution in [3.05, 3.63) is 11.3 Å². The lowest BCUT2D eigenvalue weighted by Gasteiger charge is -2.50. The molecule has 3 amide bonds. The van der Waals surface area contributed by atoms with Gasteiger partial charge < -0.3 is 0 Å². The summed E-state index contributed by atoms with van der Waals surface area (Å²) in [4.78, 5) is 27.8. The van der Waals surface area contributed by atoms with Gasteiger partial charge in [-0.3, -0.25) is 14.6 Å². The quantitative estimate of drug-likeness (QED) is 0.738. The van der Waals surface area contributed by atoms with Crippen molar-refractivity contribution in [1.82, 2.24) is 9.80 Å². The van der Waals surface area contributed by atoms with Crippen molar-refractivity contribution >= 4 is 11.9 Å². The van der Waals surface area contributed by atoms with E-state index in [9.17, 15) is 9.59 Å². The van der Waals surface area contributed by atoms with Crippen molar-refractivity contribution in [2.75, 3.05) is 14.1 Å². The molecule has 1 aliphatic heterocycles. The first kappa shape index (κ1) is 14.6. The fraction of sp³-hybridized carbons (Fsp3) is 0.667. The number of carbonyl (C=O) groups is 2. The second-order valence-corrected chi connectivity index (χ2v) is 6.65. The highest BCUT2D eigenvalue weighted by Crippen LogP contribution is 2.58. The zero-order chi connectivity index (χ0) is 15.3. The molecule has 0 radical (unpaired) electrons. The van der Waals surface area contributed by atoms with Crippen LogP contribution in [0, 0.1) is 22.2 Å². The molecule has 0 aromatic carbocycles. The van der Waals surface area contributed by atoms with Crippen molar-refractivity contribution in [2.24, 2.45) is 10.8 Å². The summed E-state index contributed by atoms with van der Waals surface area (Å²) in [7, 11) is 3.23. The number of nitriles is 1. The number of hydrogen-bond acceptors (Lipinski definition) is 3. The molecular weight excluding hydrogens is 254 g/mol.